The molecule has 3 aromatic carbocycles. The van der Waals surface area contributed by atoms with Crippen LogP contribution in [0.15, 0.2) is 78.9 Å². The van der Waals surface area contributed by atoms with Gasteiger partial charge in [0, 0.05) is 40.5 Å². The first-order chi connectivity index (χ1) is 16.3. The second-order valence-electron chi connectivity index (χ2n) is 9.24. The first kappa shape index (κ1) is 23.3. The number of ketones is 1. The van der Waals surface area contributed by atoms with Gasteiger partial charge in [0.2, 0.25) is 5.91 Å². The zero-order chi connectivity index (χ0) is 24.1. The van der Waals surface area contributed by atoms with E-state index in [4.69, 9.17) is 4.74 Å². The van der Waals surface area contributed by atoms with Gasteiger partial charge < -0.3 is 15.4 Å². The van der Waals surface area contributed by atoms with E-state index in [1.165, 1.54) is 5.56 Å². The molecule has 0 atom stereocenters. The van der Waals surface area contributed by atoms with Gasteiger partial charge >= 0.3 is 0 Å². The minimum absolute atomic E-state index is 0.0516. The first-order valence-electron chi connectivity index (χ1n) is 11.5. The average molecular weight is 455 g/mol. The molecule has 5 heteroatoms. The zero-order valence-electron chi connectivity index (χ0n) is 19.9. The van der Waals surface area contributed by atoms with Crippen molar-refractivity contribution in [3.63, 3.8) is 0 Å². The van der Waals surface area contributed by atoms with E-state index in [0.717, 1.165) is 29.0 Å². The van der Waals surface area contributed by atoms with Crippen LogP contribution in [-0.4, -0.2) is 24.3 Å². The van der Waals surface area contributed by atoms with Gasteiger partial charge in [-0.1, -0.05) is 36.4 Å². The van der Waals surface area contributed by atoms with Crippen LogP contribution in [0.3, 0.4) is 0 Å². The number of amides is 1. The van der Waals surface area contributed by atoms with E-state index in [1.807, 2.05) is 42.5 Å². The molecule has 0 spiro atoms. The predicted octanol–water partition coefficient (Wildman–Crippen LogP) is 5.41. The van der Waals surface area contributed by atoms with Crippen LogP contribution < -0.4 is 15.4 Å². The third-order valence-corrected chi connectivity index (χ3v) is 5.92. The number of ether oxygens (including phenoxy) is 1. The Balaban J connectivity index is 1.45. The number of anilines is 1. The molecule has 5 nitrogen and oxygen atoms in total. The third kappa shape index (κ3) is 5.73. The maximum absolute atomic E-state index is 13.0. The van der Waals surface area contributed by atoms with E-state index in [9.17, 15) is 9.59 Å². The van der Waals surface area contributed by atoms with E-state index in [1.54, 1.807) is 37.5 Å². The minimum atomic E-state index is -0.165. The molecule has 0 fully saturated rings. The van der Waals surface area contributed by atoms with Gasteiger partial charge in [-0.25, -0.2) is 0 Å². The van der Waals surface area contributed by atoms with Crippen LogP contribution in [0, 0.1) is 0 Å². The average Bonchev–Trinajstić information content (AvgIpc) is 2.83. The van der Waals surface area contributed by atoms with E-state index in [0.29, 0.717) is 24.1 Å². The Kier molecular flexibility index (Phi) is 6.82. The van der Waals surface area contributed by atoms with Crippen molar-refractivity contribution in [2.24, 2.45) is 0 Å². The second-order valence-corrected chi connectivity index (χ2v) is 9.24. The van der Waals surface area contributed by atoms with Gasteiger partial charge in [-0.2, -0.15) is 0 Å². The molecular formula is C29H30N2O3. The molecule has 1 amide bonds. The monoisotopic (exact) mass is 454 g/mol. The van der Waals surface area contributed by atoms with Crippen LogP contribution >= 0.6 is 0 Å². The molecule has 0 bridgehead atoms. The molecule has 0 aromatic heterocycles. The lowest BCUT2D eigenvalue weighted by Gasteiger charge is -2.35. The smallest absolute Gasteiger partial charge is 0.224 e. The molecule has 4 rings (SSSR count). The normalized spacial score (nSPS) is 15.2. The molecule has 0 saturated carbocycles. The van der Waals surface area contributed by atoms with E-state index in [2.05, 4.69) is 30.5 Å². The Morgan fingerprint density at radius 2 is 1.76 bits per heavy atom. The number of hydrogen-bond donors (Lipinski definition) is 2. The highest BCUT2D eigenvalue weighted by atomic mass is 16.5. The van der Waals surface area contributed by atoms with Gasteiger partial charge in [-0.3, -0.25) is 9.59 Å². The zero-order valence-corrected chi connectivity index (χ0v) is 19.9. The Bertz CT molecular complexity index is 1210. The van der Waals surface area contributed by atoms with Gasteiger partial charge in [-0.05, 0) is 74.2 Å². The summed E-state index contributed by atoms with van der Waals surface area (Å²) >= 11 is 0. The lowest BCUT2D eigenvalue weighted by Crippen LogP contribution is -2.43. The molecule has 0 aliphatic carbocycles. The predicted molar refractivity (Wildman–Crippen MR) is 136 cm³/mol. The van der Waals surface area contributed by atoms with Gasteiger partial charge in [-0.15, -0.1) is 0 Å². The lowest BCUT2D eigenvalue weighted by molar-refractivity contribution is -0.116. The highest BCUT2D eigenvalue weighted by Crippen LogP contribution is 2.32. The molecular weight excluding hydrogens is 424 g/mol. The standard InChI is InChI=1S/C29H30N2O3/c1-29(2)19-22-12-15-24(34-3)17-25(22)26(31-29)18-27(32)21-10-13-23(14-11-21)30-28(33)16-9-20-7-5-4-6-8-20/h4-8,10-15,17-18,31H,9,16,19H2,1-3H3,(H,30,33)/b26-18-. The summed E-state index contributed by atoms with van der Waals surface area (Å²) in [5, 5.41) is 6.40. The van der Waals surface area contributed by atoms with Crippen molar-refractivity contribution >= 4 is 23.1 Å². The SMILES string of the molecule is COc1ccc2c(c1)/C(=C/C(=O)c1ccc(NC(=O)CCc3ccccc3)cc1)NC(C)(C)C2. The van der Waals surface area contributed by atoms with Crippen molar-refractivity contribution in [1.82, 2.24) is 5.32 Å². The highest BCUT2D eigenvalue weighted by molar-refractivity contribution is 6.09. The maximum atomic E-state index is 13.0. The molecule has 174 valence electrons. The van der Waals surface area contributed by atoms with E-state index >= 15 is 0 Å². The summed E-state index contributed by atoms with van der Waals surface area (Å²) < 4.78 is 5.38. The van der Waals surface area contributed by atoms with Crippen LogP contribution in [0.5, 0.6) is 5.75 Å². The number of carbonyl (C=O) groups is 2. The molecule has 0 saturated heterocycles. The number of rotatable bonds is 7. The second kappa shape index (κ2) is 9.96. The Hall–Kier alpha value is -3.86. The van der Waals surface area contributed by atoms with Crippen molar-refractivity contribution in [3.8, 4) is 5.75 Å². The highest BCUT2D eigenvalue weighted by Gasteiger charge is 2.28. The number of benzene rings is 3. The molecule has 2 N–H and O–H groups in total. The van der Waals surface area contributed by atoms with Crippen molar-refractivity contribution < 1.29 is 14.3 Å². The number of fused-ring (bicyclic) bond motifs is 1. The quantitative estimate of drug-likeness (QED) is 0.370. The maximum Gasteiger partial charge on any atom is 0.224 e. The number of nitrogens with one attached hydrogen (secondary N) is 2. The number of carbonyl (C=O) groups excluding carboxylic acids is 2. The fourth-order valence-electron chi connectivity index (χ4n) is 4.21. The molecule has 1 aliphatic heterocycles. The van der Waals surface area contributed by atoms with Gasteiger partial charge in [0.1, 0.15) is 5.75 Å². The number of hydrogen-bond acceptors (Lipinski definition) is 4. The fraction of sp³-hybridized carbons (Fsp3) is 0.241. The van der Waals surface area contributed by atoms with Crippen molar-refractivity contribution in [3.05, 3.63) is 101 Å². The molecule has 34 heavy (non-hydrogen) atoms. The largest absolute Gasteiger partial charge is 0.497 e. The molecule has 0 unspecified atom stereocenters. The molecule has 0 radical (unpaired) electrons. The molecule has 1 aliphatic rings. The third-order valence-electron chi connectivity index (χ3n) is 5.92. The summed E-state index contributed by atoms with van der Waals surface area (Å²) in [5.41, 5.74) is 5.14. The fourth-order valence-corrected chi connectivity index (χ4v) is 4.21. The summed E-state index contributed by atoms with van der Waals surface area (Å²) in [4.78, 5) is 25.3. The Labute approximate surface area is 200 Å². The van der Waals surface area contributed by atoms with Gasteiger partial charge in [0.15, 0.2) is 5.78 Å². The van der Waals surface area contributed by atoms with Crippen LogP contribution in [0.1, 0.15) is 47.3 Å². The van der Waals surface area contributed by atoms with E-state index < -0.39 is 0 Å². The number of methoxy groups -OCH3 is 1. The van der Waals surface area contributed by atoms with Crippen LogP contribution in [0.25, 0.3) is 5.70 Å². The summed E-state index contributed by atoms with van der Waals surface area (Å²) in [6, 6.07) is 22.9. The molecule has 1 heterocycles. The van der Waals surface area contributed by atoms with Crippen molar-refractivity contribution in [2.75, 3.05) is 12.4 Å². The van der Waals surface area contributed by atoms with Crippen LogP contribution in [0.4, 0.5) is 5.69 Å². The first-order valence-corrected chi connectivity index (χ1v) is 11.5. The number of allylic oxidation sites excluding steroid dienone is 1. The Morgan fingerprint density at radius 3 is 2.47 bits per heavy atom. The summed E-state index contributed by atoms with van der Waals surface area (Å²) in [5.74, 6) is 0.603. The van der Waals surface area contributed by atoms with Crippen molar-refractivity contribution in [2.45, 2.75) is 38.6 Å². The minimum Gasteiger partial charge on any atom is -0.497 e. The van der Waals surface area contributed by atoms with Crippen molar-refractivity contribution in [1.29, 1.82) is 0 Å². The summed E-state index contributed by atoms with van der Waals surface area (Å²) in [6.07, 6.45) is 3.59. The Morgan fingerprint density at radius 1 is 1.03 bits per heavy atom. The molecule has 3 aromatic rings. The summed E-state index contributed by atoms with van der Waals surface area (Å²) in [7, 11) is 1.64. The van der Waals surface area contributed by atoms with Crippen LogP contribution in [0.2, 0.25) is 0 Å². The van der Waals surface area contributed by atoms with E-state index in [-0.39, 0.29) is 17.2 Å². The van der Waals surface area contributed by atoms with Gasteiger partial charge in [0.05, 0.1) is 7.11 Å². The topological polar surface area (TPSA) is 67.4 Å². The lowest BCUT2D eigenvalue weighted by atomic mass is 9.85. The van der Waals surface area contributed by atoms with Crippen LogP contribution in [-0.2, 0) is 17.6 Å². The number of aryl methyl sites for hydroxylation is 1. The van der Waals surface area contributed by atoms with Gasteiger partial charge in [0.25, 0.3) is 0 Å². The summed E-state index contributed by atoms with van der Waals surface area (Å²) in [6.45, 7) is 4.24.